The smallest absolute Gasteiger partial charge is 0.164 e. The highest BCUT2D eigenvalue weighted by Gasteiger charge is 2.14. The molecule has 0 saturated heterocycles. The van der Waals surface area contributed by atoms with Gasteiger partial charge < -0.3 is 0 Å². The summed E-state index contributed by atoms with van der Waals surface area (Å²) >= 11 is 6.55. The van der Waals surface area contributed by atoms with Crippen molar-refractivity contribution in [2.45, 2.75) is 0 Å². The molecule has 8 aromatic rings. The molecule has 0 amide bonds. The molecule has 0 aliphatic carbocycles. The molecule has 0 fully saturated rings. The van der Waals surface area contributed by atoms with Crippen LogP contribution in [0.1, 0.15) is 0 Å². The molecule has 8 rings (SSSR count). The van der Waals surface area contributed by atoms with Gasteiger partial charge in [0, 0.05) is 34.0 Å². The predicted molar refractivity (Wildman–Crippen MR) is 201 cm³/mol. The number of nitrogens with zero attached hydrogens (tertiary/aromatic N) is 4. The van der Waals surface area contributed by atoms with E-state index in [1.807, 2.05) is 84.9 Å². The van der Waals surface area contributed by atoms with E-state index in [9.17, 15) is 0 Å². The Morgan fingerprint density at radius 1 is 0.327 bits per heavy atom. The Morgan fingerprint density at radius 3 is 1.06 bits per heavy atom. The van der Waals surface area contributed by atoms with Crippen molar-refractivity contribution in [3.63, 3.8) is 0 Å². The predicted octanol–water partition coefficient (Wildman–Crippen LogP) is 11.6. The number of aromatic nitrogens is 4. The van der Waals surface area contributed by atoms with Gasteiger partial charge in [0.1, 0.15) is 0 Å². The molecule has 0 unspecified atom stereocenters. The van der Waals surface area contributed by atoms with Crippen molar-refractivity contribution in [3.8, 4) is 78.8 Å². The van der Waals surface area contributed by atoms with E-state index in [0.717, 1.165) is 61.3 Å². The third kappa shape index (κ3) is 6.51. The first-order valence-electron chi connectivity index (χ1n) is 16.1. The average molecular weight is 649 g/mol. The minimum absolute atomic E-state index is 0.597. The monoisotopic (exact) mass is 648 g/mol. The molecule has 2 aromatic heterocycles. The van der Waals surface area contributed by atoms with Gasteiger partial charge in [-0.1, -0.05) is 175 Å². The lowest BCUT2D eigenvalue weighted by Crippen LogP contribution is -2.00. The number of pyridine rings is 1. The quantitative estimate of drug-likeness (QED) is 0.172. The minimum atomic E-state index is 0.597. The van der Waals surface area contributed by atoms with Gasteiger partial charge in [0.05, 0.1) is 10.7 Å². The minimum Gasteiger partial charge on any atom is -0.255 e. The van der Waals surface area contributed by atoms with Gasteiger partial charge in [0.15, 0.2) is 17.5 Å². The van der Waals surface area contributed by atoms with E-state index in [2.05, 4.69) is 89.9 Å². The van der Waals surface area contributed by atoms with E-state index in [1.54, 1.807) is 6.20 Å². The zero-order chi connectivity index (χ0) is 33.0. The topological polar surface area (TPSA) is 51.6 Å². The van der Waals surface area contributed by atoms with Crippen molar-refractivity contribution >= 4 is 11.6 Å². The van der Waals surface area contributed by atoms with Crippen LogP contribution in [0.2, 0.25) is 5.02 Å². The summed E-state index contributed by atoms with van der Waals surface area (Å²) in [5, 5.41) is 0.616. The molecule has 0 spiro atoms. The summed E-state index contributed by atoms with van der Waals surface area (Å²) in [5.74, 6) is 1.82. The molecule has 0 N–H and O–H groups in total. The Hall–Kier alpha value is -6.23. The molecule has 49 heavy (non-hydrogen) atoms. The molecule has 0 saturated carbocycles. The van der Waals surface area contributed by atoms with Crippen LogP contribution in [-0.4, -0.2) is 19.9 Å². The van der Waals surface area contributed by atoms with E-state index < -0.39 is 0 Å². The van der Waals surface area contributed by atoms with Crippen LogP contribution in [0.3, 0.4) is 0 Å². The first-order chi connectivity index (χ1) is 24.2. The summed E-state index contributed by atoms with van der Waals surface area (Å²) < 4.78 is 0. The summed E-state index contributed by atoms with van der Waals surface area (Å²) in [5.41, 5.74) is 11.1. The fraction of sp³-hybridized carbons (Fsp3) is 0. The highest BCUT2D eigenvalue weighted by molar-refractivity contribution is 6.33. The molecule has 0 aliphatic rings. The van der Waals surface area contributed by atoms with Gasteiger partial charge >= 0.3 is 0 Å². The van der Waals surface area contributed by atoms with E-state index in [-0.39, 0.29) is 0 Å². The Kier molecular flexibility index (Phi) is 8.29. The molecule has 4 nitrogen and oxygen atoms in total. The summed E-state index contributed by atoms with van der Waals surface area (Å²) in [7, 11) is 0. The average Bonchev–Trinajstić information content (AvgIpc) is 3.19. The third-order valence-electron chi connectivity index (χ3n) is 8.51. The van der Waals surface area contributed by atoms with Gasteiger partial charge in [0.2, 0.25) is 0 Å². The zero-order valence-corrected chi connectivity index (χ0v) is 27.2. The second kappa shape index (κ2) is 13.5. The van der Waals surface area contributed by atoms with E-state index in [4.69, 9.17) is 26.6 Å². The van der Waals surface area contributed by atoms with Crippen LogP contribution in [0, 0.1) is 0 Å². The van der Waals surface area contributed by atoms with Gasteiger partial charge in [-0.3, -0.25) is 4.98 Å². The lowest BCUT2D eigenvalue weighted by molar-refractivity contribution is 1.07. The second-order valence-corrected chi connectivity index (χ2v) is 12.1. The van der Waals surface area contributed by atoms with Crippen molar-refractivity contribution in [1.29, 1.82) is 0 Å². The molecular weight excluding hydrogens is 620 g/mol. The molecule has 0 atom stereocenters. The summed E-state index contributed by atoms with van der Waals surface area (Å²) in [6.45, 7) is 0. The number of hydrogen-bond acceptors (Lipinski definition) is 4. The number of rotatable bonds is 7. The molecule has 0 aliphatic heterocycles. The van der Waals surface area contributed by atoms with Crippen LogP contribution in [0.15, 0.2) is 176 Å². The lowest BCUT2D eigenvalue weighted by Gasteiger charge is -2.11. The fourth-order valence-corrected chi connectivity index (χ4v) is 6.09. The maximum absolute atomic E-state index is 6.55. The molecule has 6 aromatic carbocycles. The first-order valence-corrected chi connectivity index (χ1v) is 16.5. The molecular formula is C44H29ClN4. The van der Waals surface area contributed by atoms with Crippen molar-refractivity contribution in [3.05, 3.63) is 181 Å². The second-order valence-electron chi connectivity index (χ2n) is 11.7. The van der Waals surface area contributed by atoms with Crippen molar-refractivity contribution in [2.24, 2.45) is 0 Å². The van der Waals surface area contributed by atoms with Crippen molar-refractivity contribution < 1.29 is 0 Å². The molecule has 2 heterocycles. The maximum atomic E-state index is 6.55. The van der Waals surface area contributed by atoms with Crippen LogP contribution in [-0.2, 0) is 0 Å². The molecule has 0 radical (unpaired) electrons. The lowest BCUT2D eigenvalue weighted by atomic mass is 10.0. The van der Waals surface area contributed by atoms with Gasteiger partial charge in [0.25, 0.3) is 0 Å². The van der Waals surface area contributed by atoms with E-state index in [1.165, 1.54) is 0 Å². The number of hydrogen-bond donors (Lipinski definition) is 0. The number of benzene rings is 6. The van der Waals surface area contributed by atoms with Crippen LogP contribution < -0.4 is 0 Å². The summed E-state index contributed by atoms with van der Waals surface area (Å²) in [6, 6.07) is 57.7. The van der Waals surface area contributed by atoms with Crippen LogP contribution >= 0.6 is 11.6 Å². The Bertz CT molecular complexity index is 2240. The van der Waals surface area contributed by atoms with Crippen LogP contribution in [0.4, 0.5) is 0 Å². The van der Waals surface area contributed by atoms with Gasteiger partial charge in [-0.15, -0.1) is 0 Å². The standard InChI is InChI=1S/C44H29ClN4/c45-40-29-46-41(28-39(40)34-14-8-3-9-15-34)35-20-26-38(27-21-35)44-48-42(36-22-16-32(17-23-36)30-10-4-1-5-11-30)47-43(49-44)37-24-18-33(19-25-37)31-12-6-2-7-13-31/h1-29H. The van der Waals surface area contributed by atoms with Crippen molar-refractivity contribution in [2.75, 3.05) is 0 Å². The Labute approximate surface area is 290 Å². The van der Waals surface area contributed by atoms with Gasteiger partial charge in [-0.25, -0.2) is 15.0 Å². The van der Waals surface area contributed by atoms with E-state index >= 15 is 0 Å². The molecule has 5 heteroatoms. The largest absolute Gasteiger partial charge is 0.255 e. The van der Waals surface area contributed by atoms with Crippen molar-refractivity contribution in [1.82, 2.24) is 19.9 Å². The van der Waals surface area contributed by atoms with Gasteiger partial charge in [-0.05, 0) is 33.9 Å². The zero-order valence-electron chi connectivity index (χ0n) is 26.4. The highest BCUT2D eigenvalue weighted by Crippen LogP contribution is 2.33. The fourth-order valence-electron chi connectivity index (χ4n) is 5.87. The SMILES string of the molecule is Clc1cnc(-c2ccc(-c3nc(-c4ccc(-c5ccccc5)cc4)nc(-c4ccc(-c5ccccc5)cc4)n3)cc2)cc1-c1ccccc1. The first kappa shape index (κ1) is 30.1. The Morgan fingerprint density at radius 2 is 0.653 bits per heavy atom. The van der Waals surface area contributed by atoms with Gasteiger partial charge in [-0.2, -0.15) is 0 Å². The third-order valence-corrected chi connectivity index (χ3v) is 8.82. The summed E-state index contributed by atoms with van der Waals surface area (Å²) in [4.78, 5) is 19.6. The number of halogens is 1. The molecule has 0 bridgehead atoms. The van der Waals surface area contributed by atoms with Crippen LogP contribution in [0.25, 0.3) is 78.8 Å². The molecule has 232 valence electrons. The summed E-state index contributed by atoms with van der Waals surface area (Å²) in [6.07, 6.45) is 1.71. The Balaban J connectivity index is 1.17. The highest BCUT2D eigenvalue weighted by atomic mass is 35.5. The van der Waals surface area contributed by atoms with E-state index in [0.29, 0.717) is 22.5 Å². The maximum Gasteiger partial charge on any atom is 0.164 e. The van der Waals surface area contributed by atoms with Crippen LogP contribution in [0.5, 0.6) is 0 Å². The normalized spacial score (nSPS) is 11.0.